The summed E-state index contributed by atoms with van der Waals surface area (Å²) in [5, 5.41) is 6.02. The van der Waals surface area contributed by atoms with Gasteiger partial charge in [0.25, 0.3) is 0 Å². The number of nitrogens with zero attached hydrogens (tertiary/aromatic N) is 1. The van der Waals surface area contributed by atoms with Gasteiger partial charge in [-0.25, -0.2) is 4.79 Å². The smallest absolute Gasteiger partial charge is 0.319 e. The Morgan fingerprint density at radius 1 is 1.15 bits per heavy atom. The minimum Gasteiger partial charge on any atom is -0.493 e. The second-order valence-corrected chi connectivity index (χ2v) is 7.62. The molecular weight excluding hydrogens is 342 g/mol. The van der Waals surface area contributed by atoms with Crippen molar-refractivity contribution < 1.29 is 14.3 Å². The molecule has 0 aromatic heterocycles. The molecular formula is C21H33N3O3. The maximum Gasteiger partial charge on any atom is 0.319 e. The van der Waals surface area contributed by atoms with E-state index in [4.69, 9.17) is 9.47 Å². The van der Waals surface area contributed by atoms with E-state index < -0.39 is 0 Å². The van der Waals surface area contributed by atoms with Gasteiger partial charge in [-0.1, -0.05) is 12.8 Å². The van der Waals surface area contributed by atoms with Gasteiger partial charge in [-0.05, 0) is 50.7 Å². The molecule has 0 bridgehead atoms. The Bertz CT molecular complexity index is 609. The Kier molecular flexibility index (Phi) is 7.21. The molecule has 6 nitrogen and oxygen atoms in total. The quantitative estimate of drug-likeness (QED) is 0.759. The third-order valence-electron chi connectivity index (χ3n) is 5.64. The Balaban J connectivity index is 1.43. The number of rotatable bonds is 7. The molecule has 0 unspecified atom stereocenters. The largest absolute Gasteiger partial charge is 0.493 e. The highest BCUT2D eigenvalue weighted by molar-refractivity contribution is 5.89. The molecule has 0 radical (unpaired) electrons. The number of amides is 2. The Labute approximate surface area is 162 Å². The lowest BCUT2D eigenvalue weighted by molar-refractivity contribution is 0.173. The molecule has 6 heteroatoms. The Hall–Kier alpha value is -1.95. The Morgan fingerprint density at radius 3 is 2.56 bits per heavy atom. The highest BCUT2D eigenvalue weighted by atomic mass is 16.5. The van der Waals surface area contributed by atoms with E-state index in [0.29, 0.717) is 23.8 Å². The molecule has 1 heterocycles. The molecule has 0 spiro atoms. The first-order valence-corrected chi connectivity index (χ1v) is 10.3. The highest BCUT2D eigenvalue weighted by Crippen LogP contribution is 2.30. The molecule has 2 amide bonds. The molecule has 3 rings (SSSR count). The van der Waals surface area contributed by atoms with Crippen LogP contribution < -0.4 is 20.1 Å². The van der Waals surface area contributed by atoms with Gasteiger partial charge in [0.15, 0.2) is 11.5 Å². The number of anilines is 1. The lowest BCUT2D eigenvalue weighted by Crippen LogP contribution is -2.46. The highest BCUT2D eigenvalue weighted by Gasteiger charge is 2.24. The molecule has 1 aliphatic heterocycles. The van der Waals surface area contributed by atoms with Crippen LogP contribution in [0, 0.1) is 5.92 Å². The predicted octanol–water partition coefficient (Wildman–Crippen LogP) is 3.87. The van der Waals surface area contributed by atoms with E-state index in [0.717, 1.165) is 31.8 Å². The first-order valence-electron chi connectivity index (χ1n) is 10.3. The summed E-state index contributed by atoms with van der Waals surface area (Å²) in [6.07, 6.45) is 7.64. The van der Waals surface area contributed by atoms with E-state index in [1.54, 1.807) is 13.2 Å². The number of urea groups is 1. The van der Waals surface area contributed by atoms with Crippen molar-refractivity contribution in [3.63, 3.8) is 0 Å². The summed E-state index contributed by atoms with van der Waals surface area (Å²) in [5.41, 5.74) is 0.704. The minimum absolute atomic E-state index is 0.156. The first-order chi connectivity index (χ1) is 13.2. The number of hydrogen-bond acceptors (Lipinski definition) is 4. The third kappa shape index (κ3) is 5.76. The topological polar surface area (TPSA) is 62.8 Å². The molecule has 27 heavy (non-hydrogen) atoms. The van der Waals surface area contributed by atoms with Gasteiger partial charge in [0, 0.05) is 37.4 Å². The SMILES string of the molecule is CCOc1cc(NC(=O)NC2CCN(CC3CCCC3)CC2)ccc1OC. The molecule has 2 fully saturated rings. The van der Waals surface area contributed by atoms with Crippen molar-refractivity contribution in [3.8, 4) is 11.5 Å². The number of benzene rings is 1. The van der Waals surface area contributed by atoms with Crippen molar-refractivity contribution in [3.05, 3.63) is 18.2 Å². The fourth-order valence-corrected chi connectivity index (χ4v) is 4.19. The van der Waals surface area contributed by atoms with Crippen LogP contribution in [0.25, 0.3) is 0 Å². The van der Waals surface area contributed by atoms with Crippen molar-refractivity contribution in [2.24, 2.45) is 5.92 Å². The Morgan fingerprint density at radius 2 is 1.89 bits per heavy atom. The van der Waals surface area contributed by atoms with E-state index in [2.05, 4.69) is 15.5 Å². The van der Waals surface area contributed by atoms with Gasteiger partial charge >= 0.3 is 6.03 Å². The first kappa shape index (κ1) is 19.8. The van der Waals surface area contributed by atoms with Gasteiger partial charge in [-0.3, -0.25) is 0 Å². The van der Waals surface area contributed by atoms with E-state index in [9.17, 15) is 4.79 Å². The molecule has 1 saturated carbocycles. The molecule has 1 aromatic rings. The summed E-state index contributed by atoms with van der Waals surface area (Å²) < 4.78 is 10.8. The van der Waals surface area contributed by atoms with Crippen LogP contribution >= 0.6 is 0 Å². The summed E-state index contributed by atoms with van der Waals surface area (Å²) in [6.45, 7) is 5.87. The number of carbonyl (C=O) groups is 1. The van der Waals surface area contributed by atoms with E-state index in [1.807, 2.05) is 19.1 Å². The fraction of sp³-hybridized carbons (Fsp3) is 0.667. The predicted molar refractivity (Wildman–Crippen MR) is 108 cm³/mol. The van der Waals surface area contributed by atoms with Gasteiger partial charge in [0.05, 0.1) is 13.7 Å². The minimum atomic E-state index is -0.156. The van der Waals surface area contributed by atoms with Crippen LogP contribution in [0.1, 0.15) is 45.4 Å². The number of hydrogen-bond donors (Lipinski definition) is 2. The van der Waals surface area contributed by atoms with E-state index >= 15 is 0 Å². The molecule has 1 aromatic carbocycles. The number of methoxy groups -OCH3 is 1. The number of nitrogens with one attached hydrogen (secondary N) is 2. The van der Waals surface area contributed by atoms with Crippen LogP contribution in [0.15, 0.2) is 18.2 Å². The van der Waals surface area contributed by atoms with Crippen LogP contribution in [-0.2, 0) is 0 Å². The molecule has 2 N–H and O–H groups in total. The van der Waals surface area contributed by atoms with Gasteiger partial charge in [0.2, 0.25) is 0 Å². The maximum atomic E-state index is 12.4. The van der Waals surface area contributed by atoms with Crippen LogP contribution in [0.3, 0.4) is 0 Å². The fourth-order valence-electron chi connectivity index (χ4n) is 4.19. The summed E-state index contributed by atoms with van der Waals surface area (Å²) >= 11 is 0. The van der Waals surface area contributed by atoms with Crippen molar-refractivity contribution in [1.29, 1.82) is 0 Å². The average Bonchev–Trinajstić information content (AvgIpc) is 3.17. The summed E-state index contributed by atoms with van der Waals surface area (Å²) in [7, 11) is 1.61. The summed E-state index contributed by atoms with van der Waals surface area (Å²) in [4.78, 5) is 14.9. The van der Waals surface area contributed by atoms with Gasteiger partial charge in [-0.2, -0.15) is 0 Å². The van der Waals surface area contributed by atoms with Crippen LogP contribution in [0.4, 0.5) is 10.5 Å². The number of carbonyl (C=O) groups excluding carboxylic acids is 1. The van der Waals surface area contributed by atoms with Gasteiger partial charge < -0.3 is 25.0 Å². The molecule has 0 atom stereocenters. The zero-order chi connectivity index (χ0) is 19.1. The molecule has 1 saturated heterocycles. The normalized spacial score (nSPS) is 19.0. The molecule has 1 aliphatic carbocycles. The van der Waals surface area contributed by atoms with Crippen molar-refractivity contribution >= 4 is 11.7 Å². The van der Waals surface area contributed by atoms with Gasteiger partial charge in [-0.15, -0.1) is 0 Å². The summed E-state index contributed by atoms with van der Waals surface area (Å²) in [5.74, 6) is 2.20. The van der Waals surface area contributed by atoms with Crippen molar-refractivity contribution in [2.75, 3.05) is 38.7 Å². The lowest BCUT2D eigenvalue weighted by Gasteiger charge is -2.33. The zero-order valence-electron chi connectivity index (χ0n) is 16.6. The monoisotopic (exact) mass is 375 g/mol. The van der Waals surface area contributed by atoms with E-state index in [-0.39, 0.29) is 12.1 Å². The second-order valence-electron chi connectivity index (χ2n) is 7.62. The zero-order valence-corrected chi connectivity index (χ0v) is 16.6. The van der Waals surface area contributed by atoms with Crippen molar-refractivity contribution in [2.45, 2.75) is 51.5 Å². The average molecular weight is 376 g/mol. The lowest BCUT2D eigenvalue weighted by atomic mass is 10.0. The van der Waals surface area contributed by atoms with Crippen LogP contribution in [0.5, 0.6) is 11.5 Å². The number of ether oxygens (including phenoxy) is 2. The van der Waals surface area contributed by atoms with Gasteiger partial charge in [0.1, 0.15) is 0 Å². The molecule has 150 valence electrons. The maximum absolute atomic E-state index is 12.4. The number of likely N-dealkylation sites (tertiary alicyclic amines) is 1. The van der Waals surface area contributed by atoms with E-state index in [1.165, 1.54) is 32.2 Å². The summed E-state index contributed by atoms with van der Waals surface area (Å²) in [6, 6.07) is 5.52. The van der Waals surface area contributed by atoms with Crippen LogP contribution in [-0.4, -0.2) is 50.3 Å². The second kappa shape index (κ2) is 9.83. The standard InChI is InChI=1S/C21H33N3O3/c1-3-27-20-14-18(8-9-19(20)26-2)23-21(25)22-17-10-12-24(13-11-17)15-16-6-4-5-7-16/h8-9,14,16-17H,3-7,10-13,15H2,1-2H3,(H2,22,23,25). The molecule has 2 aliphatic rings. The van der Waals surface area contributed by atoms with Crippen molar-refractivity contribution in [1.82, 2.24) is 10.2 Å². The number of piperidine rings is 1. The third-order valence-corrected chi connectivity index (χ3v) is 5.64. The van der Waals surface area contributed by atoms with Crippen LogP contribution in [0.2, 0.25) is 0 Å².